The molecule has 3 saturated heterocycles. The number of halogens is 4. The van der Waals surface area contributed by atoms with E-state index in [2.05, 4.69) is 20.5 Å². The third-order valence-corrected chi connectivity index (χ3v) is 11.1. The van der Waals surface area contributed by atoms with Gasteiger partial charge < -0.3 is 35.1 Å². The zero-order chi connectivity index (χ0) is 39.9. The number of esters is 2. The lowest BCUT2D eigenvalue weighted by Crippen LogP contribution is -2.52. The van der Waals surface area contributed by atoms with E-state index < -0.39 is 43.1 Å². The Morgan fingerprint density at radius 1 is 0.879 bits per heavy atom. The number of rotatable bonds is 17. The molecule has 1 aromatic heterocycles. The van der Waals surface area contributed by atoms with Crippen LogP contribution in [0.15, 0.2) is 85.2 Å². The zero-order valence-corrected chi connectivity index (χ0v) is 32.9. The maximum absolute atomic E-state index is 13.7. The van der Waals surface area contributed by atoms with Gasteiger partial charge in [0, 0.05) is 29.8 Å². The number of amides is 1. The number of benzene rings is 3. The van der Waals surface area contributed by atoms with Crippen LogP contribution in [0, 0.1) is 11.8 Å². The SMILES string of the molecule is O=C(CNC(=O)c1cccc(NC(C(=O)O[C@H]2CN3CCC2CC3)c2ccccc2)c1)O[C@@H](Cc1c(Cl)c[nH+]cc1Cl)c1ccc(OC(F)F)c(OCC2CC2)c1.[OH-]. The van der Waals surface area contributed by atoms with Gasteiger partial charge in [-0.3, -0.25) is 14.5 Å². The van der Waals surface area contributed by atoms with Crippen molar-refractivity contribution in [1.29, 1.82) is 0 Å². The van der Waals surface area contributed by atoms with E-state index in [0.717, 1.165) is 45.3 Å². The van der Waals surface area contributed by atoms with E-state index in [1.165, 1.54) is 30.6 Å². The first-order valence-electron chi connectivity index (χ1n) is 19.0. The summed E-state index contributed by atoms with van der Waals surface area (Å²) in [6, 6.07) is 19.3. The number of nitrogens with one attached hydrogen (secondary N) is 3. The number of aromatic nitrogens is 1. The molecule has 8 rings (SSSR count). The molecule has 4 aromatic rings. The average Bonchev–Trinajstić information content (AvgIpc) is 4.05. The van der Waals surface area contributed by atoms with Crippen molar-refractivity contribution < 1.29 is 52.6 Å². The summed E-state index contributed by atoms with van der Waals surface area (Å²) in [5.41, 5.74) is 2.31. The summed E-state index contributed by atoms with van der Waals surface area (Å²) in [5.74, 6) is -1.17. The molecule has 1 amide bonds. The minimum Gasteiger partial charge on any atom is -0.870 e. The van der Waals surface area contributed by atoms with Crippen molar-refractivity contribution in [2.24, 2.45) is 11.8 Å². The van der Waals surface area contributed by atoms with Crippen molar-refractivity contribution in [2.75, 3.05) is 38.1 Å². The molecule has 308 valence electrons. The van der Waals surface area contributed by atoms with E-state index >= 15 is 0 Å². The van der Waals surface area contributed by atoms with E-state index in [1.54, 1.807) is 24.3 Å². The van der Waals surface area contributed by atoms with Crippen LogP contribution in [0.4, 0.5) is 14.5 Å². The van der Waals surface area contributed by atoms with Crippen LogP contribution in [-0.4, -0.2) is 73.7 Å². The van der Waals surface area contributed by atoms with Gasteiger partial charge in [0.2, 0.25) is 0 Å². The predicted molar refractivity (Wildman–Crippen MR) is 209 cm³/mol. The average molecular weight is 842 g/mol. The topological polar surface area (TPSA) is 160 Å². The van der Waals surface area contributed by atoms with Gasteiger partial charge in [-0.2, -0.15) is 8.78 Å². The van der Waals surface area contributed by atoms with Gasteiger partial charge in [-0.05, 0) is 92.1 Å². The van der Waals surface area contributed by atoms with Gasteiger partial charge in [0.25, 0.3) is 5.91 Å². The lowest BCUT2D eigenvalue weighted by molar-refractivity contribution is -0.377. The summed E-state index contributed by atoms with van der Waals surface area (Å²) in [4.78, 5) is 45.6. The van der Waals surface area contributed by atoms with Crippen molar-refractivity contribution >= 4 is 46.7 Å². The number of carbonyl (C=O) groups excluding carboxylic acids is 3. The largest absolute Gasteiger partial charge is 0.870 e. The van der Waals surface area contributed by atoms with Gasteiger partial charge in [-0.1, -0.05) is 65.7 Å². The fourth-order valence-electron chi connectivity index (χ4n) is 7.16. The molecule has 4 fully saturated rings. The number of pyridine rings is 1. The number of nitrogens with zero attached hydrogens (tertiary/aromatic N) is 1. The number of hydrogen-bond acceptors (Lipinski definition) is 10. The molecule has 2 bridgehead atoms. The van der Waals surface area contributed by atoms with Crippen molar-refractivity contribution in [3.63, 3.8) is 0 Å². The second-order valence-electron chi connectivity index (χ2n) is 14.5. The maximum atomic E-state index is 13.7. The van der Waals surface area contributed by atoms with Crippen LogP contribution in [0.2, 0.25) is 10.0 Å². The van der Waals surface area contributed by atoms with Gasteiger partial charge in [-0.15, -0.1) is 0 Å². The van der Waals surface area contributed by atoms with E-state index in [1.807, 2.05) is 30.3 Å². The first kappa shape index (κ1) is 42.6. The number of piperidine rings is 3. The van der Waals surface area contributed by atoms with Crippen molar-refractivity contribution in [3.05, 3.63) is 117 Å². The normalized spacial score (nSPS) is 19.3. The Morgan fingerprint density at radius 3 is 2.29 bits per heavy atom. The van der Waals surface area contributed by atoms with E-state index in [9.17, 15) is 23.2 Å². The molecular formula is C42H44Cl2F2N4O8. The van der Waals surface area contributed by atoms with Gasteiger partial charge in [0.05, 0.1) is 6.61 Å². The third kappa shape index (κ3) is 11.1. The van der Waals surface area contributed by atoms with Crippen LogP contribution < -0.4 is 25.1 Å². The maximum Gasteiger partial charge on any atom is 0.387 e. The summed E-state index contributed by atoms with van der Waals surface area (Å²) in [7, 11) is 0. The van der Waals surface area contributed by atoms with E-state index in [0.29, 0.717) is 40.8 Å². The highest BCUT2D eigenvalue weighted by molar-refractivity contribution is 6.35. The molecule has 0 spiro atoms. The standard InChI is InChI=1S/C42H42Cl2F2N4O7.H2O/c43-32-20-47-21-33(44)31(32)19-35(28-11-12-34(57-42(45)46)36(18-28)54-24-25-9-10-25)55-38(51)22-48-40(52)29-7-4-8-30(17-29)49-39(27-5-2-1-3-6-27)41(53)56-37-23-50-15-13-26(37)14-16-50;/h1-8,11-12,17-18,20-21,25-26,35,37,39,42,49H,9-10,13-16,19,22-24H2,(H,48,52);1H2/t35-,37-,39?;/m0./s1. The Balaban J connectivity index is 0.00000567. The zero-order valence-electron chi connectivity index (χ0n) is 31.4. The molecule has 3 aromatic carbocycles. The Kier molecular flexibility index (Phi) is 14.4. The van der Waals surface area contributed by atoms with E-state index in [-0.39, 0.29) is 45.1 Å². The lowest BCUT2D eigenvalue weighted by atomic mass is 9.86. The second-order valence-corrected chi connectivity index (χ2v) is 15.3. The highest BCUT2D eigenvalue weighted by atomic mass is 35.5. The minimum atomic E-state index is -3.08. The molecule has 1 aliphatic carbocycles. The fourth-order valence-corrected chi connectivity index (χ4v) is 7.70. The number of aromatic amines is 1. The summed E-state index contributed by atoms with van der Waals surface area (Å²) in [6.07, 6.45) is 5.83. The monoisotopic (exact) mass is 840 g/mol. The van der Waals surface area contributed by atoms with Gasteiger partial charge in [0.15, 0.2) is 29.9 Å². The Bertz CT molecular complexity index is 2030. The molecule has 0 radical (unpaired) electrons. The molecule has 16 heteroatoms. The van der Waals surface area contributed by atoms with Crippen molar-refractivity contribution in [1.82, 2.24) is 10.2 Å². The fraction of sp³-hybridized carbons (Fsp3) is 0.381. The summed E-state index contributed by atoms with van der Waals surface area (Å²) in [5, 5.41) is 6.44. The molecule has 4 heterocycles. The smallest absolute Gasteiger partial charge is 0.387 e. The van der Waals surface area contributed by atoms with Crippen LogP contribution in [0.3, 0.4) is 0 Å². The first-order chi connectivity index (χ1) is 27.6. The van der Waals surface area contributed by atoms with E-state index in [4.69, 9.17) is 42.1 Å². The molecule has 58 heavy (non-hydrogen) atoms. The molecule has 12 nitrogen and oxygen atoms in total. The van der Waals surface area contributed by atoms with Gasteiger partial charge in [-0.25, -0.2) is 9.78 Å². The number of ether oxygens (including phenoxy) is 4. The number of hydrogen-bond donors (Lipinski definition) is 2. The molecule has 3 atom stereocenters. The van der Waals surface area contributed by atoms with Crippen LogP contribution in [-0.2, 0) is 25.5 Å². The summed E-state index contributed by atoms with van der Waals surface area (Å²) in [6.45, 7) is -0.496. The van der Waals surface area contributed by atoms with Gasteiger partial charge in [0.1, 0.15) is 28.8 Å². The molecular weight excluding hydrogens is 797 g/mol. The minimum absolute atomic E-state index is 0. The quantitative estimate of drug-likeness (QED) is 0.105. The Labute approximate surface area is 344 Å². The van der Waals surface area contributed by atoms with Gasteiger partial charge >= 0.3 is 18.6 Å². The lowest BCUT2D eigenvalue weighted by Gasteiger charge is -2.44. The molecule has 4 N–H and O–H groups in total. The number of H-pyrrole nitrogens is 1. The number of carbonyl (C=O) groups is 3. The summed E-state index contributed by atoms with van der Waals surface area (Å²) >= 11 is 12.9. The first-order valence-corrected chi connectivity index (χ1v) is 19.7. The second kappa shape index (κ2) is 19.6. The van der Waals surface area contributed by atoms with Crippen LogP contribution in [0.25, 0.3) is 0 Å². The highest BCUT2D eigenvalue weighted by Gasteiger charge is 2.38. The molecule has 1 unspecified atom stereocenters. The third-order valence-electron chi connectivity index (χ3n) is 10.4. The van der Waals surface area contributed by atoms with Crippen molar-refractivity contribution in [3.8, 4) is 11.5 Å². The van der Waals surface area contributed by atoms with Crippen LogP contribution in [0.1, 0.15) is 64.9 Å². The number of alkyl halides is 2. The molecule has 3 aliphatic heterocycles. The van der Waals surface area contributed by atoms with Crippen LogP contribution in [0.5, 0.6) is 11.5 Å². The predicted octanol–water partition coefficient (Wildman–Crippen LogP) is 7.07. The van der Waals surface area contributed by atoms with Crippen LogP contribution >= 0.6 is 23.2 Å². The summed E-state index contributed by atoms with van der Waals surface area (Å²) < 4.78 is 49.0. The Morgan fingerprint density at radius 2 is 1.62 bits per heavy atom. The Hall–Kier alpha value is -5.02. The van der Waals surface area contributed by atoms with Crippen molar-refractivity contribution in [2.45, 2.75) is 57.0 Å². The molecule has 1 saturated carbocycles. The number of fused-ring (bicyclic) bond motifs is 3. The molecule has 4 aliphatic rings. The number of anilines is 1. The highest BCUT2D eigenvalue weighted by Crippen LogP contribution is 2.38.